The maximum absolute atomic E-state index is 13.6. The van der Waals surface area contributed by atoms with Gasteiger partial charge >= 0.3 is 0 Å². The molecule has 2 amide bonds. The Kier molecular flexibility index (Phi) is 6.21. The van der Waals surface area contributed by atoms with Gasteiger partial charge in [-0.2, -0.15) is 0 Å². The van der Waals surface area contributed by atoms with Gasteiger partial charge in [0.15, 0.2) is 0 Å². The van der Waals surface area contributed by atoms with Crippen molar-refractivity contribution in [2.24, 2.45) is 0 Å². The van der Waals surface area contributed by atoms with Gasteiger partial charge in [0, 0.05) is 55.3 Å². The second-order valence-electron chi connectivity index (χ2n) is 8.09. The molecule has 1 aromatic heterocycles. The van der Waals surface area contributed by atoms with Crippen molar-refractivity contribution in [2.45, 2.75) is 38.3 Å². The van der Waals surface area contributed by atoms with E-state index >= 15 is 0 Å². The van der Waals surface area contributed by atoms with Crippen LogP contribution in [0.15, 0.2) is 54.7 Å². The van der Waals surface area contributed by atoms with E-state index in [4.69, 9.17) is 0 Å². The predicted molar refractivity (Wildman–Crippen MR) is 119 cm³/mol. The minimum atomic E-state index is -0.666. The zero-order valence-corrected chi connectivity index (χ0v) is 17.5. The van der Waals surface area contributed by atoms with Crippen LogP contribution in [-0.4, -0.2) is 42.0 Å². The van der Waals surface area contributed by atoms with Gasteiger partial charge in [0.05, 0.1) is 0 Å². The lowest BCUT2D eigenvalue weighted by Crippen LogP contribution is -2.54. The van der Waals surface area contributed by atoms with Crippen molar-refractivity contribution in [3.63, 3.8) is 0 Å². The van der Waals surface area contributed by atoms with Crippen LogP contribution in [0.1, 0.15) is 25.3 Å². The molecule has 2 atom stereocenters. The SMILES string of the molecule is CC(=O)NC(Cc1c[nH]c2ccccc12)C(=O)NC1CCCN(c2cccc(F)c2)C1. The lowest BCUT2D eigenvalue weighted by atomic mass is 10.0. The molecular weight excluding hydrogens is 395 g/mol. The number of piperidine rings is 1. The summed E-state index contributed by atoms with van der Waals surface area (Å²) < 4.78 is 13.6. The van der Waals surface area contributed by atoms with Gasteiger partial charge in [-0.05, 0) is 42.7 Å². The summed E-state index contributed by atoms with van der Waals surface area (Å²) in [6.45, 7) is 2.84. The quantitative estimate of drug-likeness (QED) is 0.571. The summed E-state index contributed by atoms with van der Waals surface area (Å²) in [5.74, 6) is -0.718. The molecule has 0 saturated carbocycles. The van der Waals surface area contributed by atoms with Crippen molar-refractivity contribution >= 4 is 28.4 Å². The largest absolute Gasteiger partial charge is 0.369 e. The van der Waals surface area contributed by atoms with Crippen LogP contribution in [0.5, 0.6) is 0 Å². The van der Waals surface area contributed by atoms with Gasteiger partial charge in [-0.1, -0.05) is 24.3 Å². The third-order valence-corrected chi connectivity index (χ3v) is 5.73. The van der Waals surface area contributed by atoms with Crippen LogP contribution < -0.4 is 15.5 Å². The third kappa shape index (κ3) is 5.05. The topological polar surface area (TPSA) is 77.2 Å². The van der Waals surface area contributed by atoms with E-state index < -0.39 is 6.04 Å². The number of H-pyrrole nitrogens is 1. The first-order valence-electron chi connectivity index (χ1n) is 10.6. The van der Waals surface area contributed by atoms with Crippen molar-refractivity contribution in [3.8, 4) is 0 Å². The van der Waals surface area contributed by atoms with Crippen LogP contribution in [0.3, 0.4) is 0 Å². The predicted octanol–water partition coefficient (Wildman–Crippen LogP) is 3.14. The number of carbonyl (C=O) groups is 2. The van der Waals surface area contributed by atoms with Crippen molar-refractivity contribution in [1.29, 1.82) is 0 Å². The average molecular weight is 423 g/mol. The summed E-state index contributed by atoms with van der Waals surface area (Å²) in [6.07, 6.45) is 4.03. The first-order valence-corrected chi connectivity index (χ1v) is 10.6. The van der Waals surface area contributed by atoms with Crippen molar-refractivity contribution in [3.05, 3.63) is 66.1 Å². The van der Waals surface area contributed by atoms with Crippen molar-refractivity contribution in [1.82, 2.24) is 15.6 Å². The monoisotopic (exact) mass is 422 g/mol. The Hall–Kier alpha value is -3.35. The molecule has 2 aromatic carbocycles. The molecule has 31 heavy (non-hydrogen) atoms. The summed E-state index contributed by atoms with van der Waals surface area (Å²) in [7, 11) is 0. The zero-order chi connectivity index (χ0) is 21.8. The molecule has 0 spiro atoms. The molecule has 4 rings (SSSR count). The number of rotatable bonds is 6. The first kappa shape index (κ1) is 20.9. The highest BCUT2D eigenvalue weighted by Gasteiger charge is 2.27. The van der Waals surface area contributed by atoms with E-state index in [9.17, 15) is 14.0 Å². The maximum Gasteiger partial charge on any atom is 0.243 e. The van der Waals surface area contributed by atoms with Crippen LogP contribution in [-0.2, 0) is 16.0 Å². The highest BCUT2D eigenvalue weighted by molar-refractivity contribution is 5.89. The van der Waals surface area contributed by atoms with Crippen LogP contribution in [0.4, 0.5) is 10.1 Å². The second kappa shape index (κ2) is 9.20. The maximum atomic E-state index is 13.6. The van der Waals surface area contributed by atoms with Gasteiger partial charge in [0.2, 0.25) is 11.8 Å². The Labute approximate surface area is 180 Å². The number of aromatic amines is 1. The van der Waals surface area contributed by atoms with Gasteiger partial charge in [0.1, 0.15) is 11.9 Å². The molecule has 1 saturated heterocycles. The molecule has 1 aliphatic heterocycles. The Morgan fingerprint density at radius 1 is 1.23 bits per heavy atom. The first-order chi connectivity index (χ1) is 15.0. The molecule has 162 valence electrons. The van der Waals surface area contributed by atoms with E-state index in [-0.39, 0.29) is 23.7 Å². The summed E-state index contributed by atoms with van der Waals surface area (Å²) >= 11 is 0. The molecule has 2 unspecified atom stereocenters. The smallest absolute Gasteiger partial charge is 0.243 e. The fourth-order valence-corrected chi connectivity index (χ4v) is 4.28. The number of fused-ring (bicyclic) bond motifs is 1. The highest BCUT2D eigenvalue weighted by Crippen LogP contribution is 2.22. The molecule has 7 heteroatoms. The lowest BCUT2D eigenvalue weighted by Gasteiger charge is -2.35. The van der Waals surface area contributed by atoms with E-state index in [0.29, 0.717) is 13.0 Å². The number of nitrogens with one attached hydrogen (secondary N) is 3. The zero-order valence-electron chi connectivity index (χ0n) is 17.5. The normalized spacial score (nSPS) is 17.4. The number of halogens is 1. The Bertz CT molecular complexity index is 1080. The Morgan fingerprint density at radius 3 is 2.87 bits per heavy atom. The molecule has 1 aliphatic rings. The number of nitrogens with zero attached hydrogens (tertiary/aromatic N) is 1. The number of aromatic nitrogens is 1. The van der Waals surface area contributed by atoms with Crippen LogP contribution in [0.25, 0.3) is 10.9 Å². The fourth-order valence-electron chi connectivity index (χ4n) is 4.28. The molecule has 3 N–H and O–H groups in total. The standard InChI is InChI=1S/C24H27FN4O2/c1-16(30)27-23(12-17-14-26-22-10-3-2-9-21(17)22)24(31)28-19-7-5-11-29(15-19)20-8-4-6-18(25)13-20/h2-4,6,8-10,13-14,19,23,26H,5,7,11-12,15H2,1H3,(H,27,30)(H,28,31). The van der Waals surface area contributed by atoms with E-state index in [0.717, 1.165) is 41.5 Å². The third-order valence-electron chi connectivity index (χ3n) is 5.73. The summed E-state index contributed by atoms with van der Waals surface area (Å²) in [4.78, 5) is 30.2. The van der Waals surface area contributed by atoms with Gasteiger partial charge in [0.25, 0.3) is 0 Å². The highest BCUT2D eigenvalue weighted by atomic mass is 19.1. The van der Waals surface area contributed by atoms with Crippen molar-refractivity contribution < 1.29 is 14.0 Å². The van der Waals surface area contributed by atoms with Gasteiger partial charge in [-0.3, -0.25) is 9.59 Å². The number of carbonyl (C=O) groups excluding carboxylic acids is 2. The summed E-state index contributed by atoms with van der Waals surface area (Å²) in [5, 5.41) is 6.94. The van der Waals surface area contributed by atoms with E-state index in [1.807, 2.05) is 36.5 Å². The van der Waals surface area contributed by atoms with E-state index in [1.165, 1.54) is 19.1 Å². The number of amides is 2. The number of benzene rings is 2. The molecule has 0 radical (unpaired) electrons. The number of hydrogen-bond acceptors (Lipinski definition) is 3. The van der Waals surface area contributed by atoms with E-state index in [1.54, 1.807) is 6.07 Å². The fraction of sp³-hybridized carbons (Fsp3) is 0.333. The number of para-hydroxylation sites is 1. The van der Waals surface area contributed by atoms with Crippen LogP contribution in [0.2, 0.25) is 0 Å². The molecular formula is C24H27FN4O2. The van der Waals surface area contributed by atoms with Gasteiger partial charge < -0.3 is 20.5 Å². The molecule has 0 bridgehead atoms. The number of anilines is 1. The van der Waals surface area contributed by atoms with E-state index in [2.05, 4.69) is 20.5 Å². The molecule has 1 fully saturated rings. The molecule has 2 heterocycles. The van der Waals surface area contributed by atoms with Gasteiger partial charge in [-0.25, -0.2) is 4.39 Å². The van der Waals surface area contributed by atoms with Crippen molar-refractivity contribution in [2.75, 3.05) is 18.0 Å². The van der Waals surface area contributed by atoms with Crippen LogP contribution >= 0.6 is 0 Å². The molecule has 0 aliphatic carbocycles. The molecule has 6 nitrogen and oxygen atoms in total. The average Bonchev–Trinajstić information content (AvgIpc) is 3.16. The minimum Gasteiger partial charge on any atom is -0.369 e. The number of hydrogen-bond donors (Lipinski definition) is 3. The Balaban J connectivity index is 1.45. The Morgan fingerprint density at radius 2 is 2.06 bits per heavy atom. The lowest BCUT2D eigenvalue weighted by molar-refractivity contribution is -0.128. The summed E-state index contributed by atoms with van der Waals surface area (Å²) in [6, 6.07) is 13.7. The molecule has 3 aromatic rings. The second-order valence-corrected chi connectivity index (χ2v) is 8.09. The summed E-state index contributed by atoms with van der Waals surface area (Å²) in [5.41, 5.74) is 2.79. The minimum absolute atomic E-state index is 0.0660. The van der Waals surface area contributed by atoms with Crippen LogP contribution in [0, 0.1) is 5.82 Å². The van der Waals surface area contributed by atoms with Gasteiger partial charge in [-0.15, -0.1) is 0 Å².